The van der Waals surface area contributed by atoms with Gasteiger partial charge >= 0.3 is 0 Å². The van der Waals surface area contributed by atoms with E-state index in [1.54, 1.807) is 26.8 Å². The highest BCUT2D eigenvalue weighted by atomic mass is 16.3. The fourth-order valence-corrected chi connectivity index (χ4v) is 3.30. The first-order valence-electron chi connectivity index (χ1n) is 11.1. The van der Waals surface area contributed by atoms with Crippen LogP contribution in [0, 0.1) is 12.8 Å². The molecule has 0 amide bonds. The molecule has 5 heteroatoms. The van der Waals surface area contributed by atoms with Gasteiger partial charge in [0.2, 0.25) is 0 Å². The molecule has 0 radical (unpaired) electrons. The third-order valence-electron chi connectivity index (χ3n) is 5.24. The molecule has 0 aliphatic heterocycles. The second-order valence-corrected chi connectivity index (χ2v) is 9.34. The Morgan fingerprint density at radius 1 is 1.12 bits per heavy atom. The number of phenols is 2. The van der Waals surface area contributed by atoms with Crippen molar-refractivity contribution < 1.29 is 24.9 Å². The molecule has 1 rings (SSSR count). The predicted octanol–water partition coefficient (Wildman–Crippen LogP) is 5.50. The lowest BCUT2D eigenvalue weighted by Gasteiger charge is -2.12. The zero-order chi connectivity index (χ0) is 24.5. The molecule has 0 aliphatic carbocycles. The molecule has 176 valence electrons. The third kappa shape index (κ3) is 10.6. The van der Waals surface area contributed by atoms with Crippen LogP contribution in [-0.2, 0) is 16.0 Å². The van der Waals surface area contributed by atoms with Gasteiger partial charge in [-0.1, -0.05) is 30.2 Å². The maximum atomic E-state index is 12.3. The fourth-order valence-electron chi connectivity index (χ4n) is 3.30. The Labute approximate surface area is 192 Å². The number of carbonyl (C=O) groups is 2. The third-order valence-corrected chi connectivity index (χ3v) is 5.24. The van der Waals surface area contributed by atoms with E-state index in [9.17, 15) is 24.9 Å². The first kappa shape index (κ1) is 27.4. The molecule has 5 nitrogen and oxygen atoms in total. The van der Waals surface area contributed by atoms with Gasteiger partial charge in [-0.25, -0.2) is 0 Å². The summed E-state index contributed by atoms with van der Waals surface area (Å²) in [6.07, 6.45) is 9.53. The Hall–Kier alpha value is -2.66. The summed E-state index contributed by atoms with van der Waals surface area (Å²) < 4.78 is 0. The van der Waals surface area contributed by atoms with Gasteiger partial charge in [-0.3, -0.25) is 9.59 Å². The molecule has 1 aromatic rings. The van der Waals surface area contributed by atoms with Crippen molar-refractivity contribution in [3.05, 3.63) is 58.7 Å². The van der Waals surface area contributed by atoms with Crippen LogP contribution < -0.4 is 0 Å². The number of hydrogen-bond donors (Lipinski definition) is 3. The smallest absolute Gasteiger partial charge is 0.159 e. The summed E-state index contributed by atoms with van der Waals surface area (Å²) in [5.41, 5.74) is 2.13. The number of rotatable bonds is 12. The zero-order valence-corrected chi connectivity index (χ0v) is 20.2. The number of aliphatic hydroxyl groups is 1. The Morgan fingerprint density at radius 3 is 2.41 bits per heavy atom. The van der Waals surface area contributed by atoms with Crippen molar-refractivity contribution in [2.24, 2.45) is 5.92 Å². The van der Waals surface area contributed by atoms with Crippen LogP contribution in [0.1, 0.15) is 71.4 Å². The van der Waals surface area contributed by atoms with Crippen molar-refractivity contribution in [2.75, 3.05) is 0 Å². The van der Waals surface area contributed by atoms with E-state index in [-0.39, 0.29) is 29.0 Å². The van der Waals surface area contributed by atoms with Crippen molar-refractivity contribution in [3.63, 3.8) is 0 Å². The normalized spacial score (nSPS) is 14.1. The van der Waals surface area contributed by atoms with E-state index in [4.69, 9.17) is 0 Å². The summed E-state index contributed by atoms with van der Waals surface area (Å²) in [4.78, 5) is 24.4. The van der Waals surface area contributed by atoms with Crippen molar-refractivity contribution >= 4 is 11.6 Å². The minimum Gasteiger partial charge on any atom is -0.508 e. The number of aryl methyl sites for hydroxylation is 1. The second-order valence-electron chi connectivity index (χ2n) is 9.34. The predicted molar refractivity (Wildman–Crippen MR) is 129 cm³/mol. The molecular weight excluding hydrogens is 404 g/mol. The van der Waals surface area contributed by atoms with Crippen LogP contribution in [-0.4, -0.2) is 32.5 Å². The van der Waals surface area contributed by atoms with Gasteiger partial charge < -0.3 is 15.3 Å². The van der Waals surface area contributed by atoms with Gasteiger partial charge in [0, 0.05) is 17.9 Å². The van der Waals surface area contributed by atoms with E-state index < -0.39 is 5.60 Å². The molecule has 32 heavy (non-hydrogen) atoms. The molecule has 0 spiro atoms. The molecule has 0 saturated carbocycles. The summed E-state index contributed by atoms with van der Waals surface area (Å²) in [5, 5.41) is 29.5. The number of hydrogen-bond acceptors (Lipinski definition) is 5. The Morgan fingerprint density at radius 2 is 1.78 bits per heavy atom. The van der Waals surface area contributed by atoms with Gasteiger partial charge in [0.25, 0.3) is 0 Å². The summed E-state index contributed by atoms with van der Waals surface area (Å²) in [5.74, 6) is 0.167. The van der Waals surface area contributed by atoms with E-state index >= 15 is 0 Å². The van der Waals surface area contributed by atoms with E-state index in [2.05, 4.69) is 0 Å². The minimum atomic E-state index is -0.996. The van der Waals surface area contributed by atoms with Crippen LogP contribution in [0.5, 0.6) is 11.5 Å². The lowest BCUT2D eigenvalue weighted by molar-refractivity contribution is -0.118. The number of phenolic OH excluding ortho intramolecular Hbond substituents is 2. The summed E-state index contributed by atoms with van der Waals surface area (Å²) in [6, 6.07) is 3.04. The zero-order valence-electron chi connectivity index (χ0n) is 20.2. The number of benzene rings is 1. The molecule has 0 saturated heterocycles. The van der Waals surface area contributed by atoms with E-state index in [1.807, 2.05) is 26.8 Å². The highest BCUT2D eigenvalue weighted by molar-refractivity contribution is 5.92. The molecule has 0 bridgehead atoms. The van der Waals surface area contributed by atoms with Crippen molar-refractivity contribution in [2.45, 2.75) is 79.2 Å². The molecular formula is C27H38O5. The standard InChI is InChI=1S/C27H38O5/c1-18(8-7-9-20(3)25(30)12-13-27(5,6)32)14-23(28)15-19(2)10-11-22-17-24(29)16-21(4)26(22)31/h10,12-14,16-17,20,29,31-32H,7-9,11,15H2,1-6H3. The first-order valence-corrected chi connectivity index (χ1v) is 11.1. The van der Waals surface area contributed by atoms with Gasteiger partial charge in [-0.2, -0.15) is 0 Å². The van der Waals surface area contributed by atoms with Crippen molar-refractivity contribution in [1.29, 1.82) is 0 Å². The van der Waals surface area contributed by atoms with E-state index in [0.717, 1.165) is 30.4 Å². The molecule has 1 aromatic carbocycles. The Balaban J connectivity index is 2.51. The molecule has 0 aliphatic rings. The minimum absolute atomic E-state index is 0.00133. The van der Waals surface area contributed by atoms with E-state index in [0.29, 0.717) is 24.0 Å². The summed E-state index contributed by atoms with van der Waals surface area (Å²) >= 11 is 0. The molecule has 1 atom stereocenters. The molecule has 0 aromatic heterocycles. The van der Waals surface area contributed by atoms with Gasteiger partial charge in [-0.15, -0.1) is 0 Å². The number of allylic oxidation sites excluding steroid dienone is 5. The van der Waals surface area contributed by atoms with Crippen LogP contribution >= 0.6 is 0 Å². The summed E-state index contributed by atoms with van der Waals surface area (Å²) in [6.45, 7) is 10.7. The average molecular weight is 443 g/mol. The molecule has 0 fully saturated rings. The summed E-state index contributed by atoms with van der Waals surface area (Å²) in [7, 11) is 0. The quantitative estimate of drug-likeness (QED) is 0.226. The fraction of sp³-hybridized carbons (Fsp3) is 0.481. The number of carbonyl (C=O) groups excluding carboxylic acids is 2. The van der Waals surface area contributed by atoms with Crippen LogP contribution in [0.25, 0.3) is 0 Å². The first-order chi connectivity index (χ1) is 14.8. The van der Waals surface area contributed by atoms with Crippen LogP contribution in [0.15, 0.2) is 47.6 Å². The SMILES string of the molecule is CC(=CC(=O)CC(C)=CCc1cc(O)cc(C)c1O)CCCC(C)C(=O)C=CC(C)(C)O. The Kier molecular flexibility index (Phi) is 10.6. The highest BCUT2D eigenvalue weighted by Crippen LogP contribution is 2.28. The van der Waals surface area contributed by atoms with Gasteiger partial charge in [-0.05, 0) is 90.2 Å². The molecule has 0 heterocycles. The van der Waals surface area contributed by atoms with Crippen LogP contribution in [0.4, 0.5) is 0 Å². The van der Waals surface area contributed by atoms with Crippen molar-refractivity contribution in [3.8, 4) is 11.5 Å². The van der Waals surface area contributed by atoms with Gasteiger partial charge in [0.05, 0.1) is 5.60 Å². The van der Waals surface area contributed by atoms with Gasteiger partial charge in [0.1, 0.15) is 11.5 Å². The Bertz CT molecular complexity index is 897. The lowest BCUT2D eigenvalue weighted by atomic mass is 9.96. The monoisotopic (exact) mass is 442 g/mol. The topological polar surface area (TPSA) is 94.8 Å². The number of aromatic hydroxyl groups is 2. The average Bonchev–Trinajstić information content (AvgIpc) is 2.66. The second kappa shape index (κ2) is 12.4. The lowest BCUT2D eigenvalue weighted by Crippen LogP contribution is -2.16. The maximum absolute atomic E-state index is 12.3. The highest BCUT2D eigenvalue weighted by Gasteiger charge is 2.13. The maximum Gasteiger partial charge on any atom is 0.159 e. The largest absolute Gasteiger partial charge is 0.508 e. The van der Waals surface area contributed by atoms with Crippen LogP contribution in [0.3, 0.4) is 0 Å². The molecule has 1 unspecified atom stereocenters. The van der Waals surface area contributed by atoms with Crippen LogP contribution in [0.2, 0.25) is 0 Å². The van der Waals surface area contributed by atoms with E-state index in [1.165, 1.54) is 24.3 Å². The van der Waals surface area contributed by atoms with Gasteiger partial charge in [0.15, 0.2) is 11.6 Å². The number of ketones is 2. The van der Waals surface area contributed by atoms with Crippen molar-refractivity contribution in [1.82, 2.24) is 0 Å². The molecule has 3 N–H and O–H groups in total.